The van der Waals surface area contributed by atoms with Crippen LogP contribution in [0.5, 0.6) is 0 Å². The van der Waals surface area contributed by atoms with Gasteiger partial charge in [0.05, 0.1) is 22.8 Å². The smallest absolute Gasteiger partial charge is 0.252 e. The van der Waals surface area contributed by atoms with Crippen LogP contribution in [0.1, 0.15) is 30.3 Å². The second-order valence-electron chi connectivity index (χ2n) is 6.81. The third-order valence-electron chi connectivity index (χ3n) is 4.94. The summed E-state index contributed by atoms with van der Waals surface area (Å²) in [5.74, 6) is -0.174. The number of likely N-dealkylation sites (N-methyl/N-ethyl adjacent to an activating group) is 1. The number of piperidine rings is 1. The van der Waals surface area contributed by atoms with Crippen molar-refractivity contribution in [3.05, 3.63) is 46.8 Å². The maximum atomic E-state index is 13.0. The van der Waals surface area contributed by atoms with E-state index in [4.69, 9.17) is 4.98 Å². The number of aromatic nitrogens is 1. The van der Waals surface area contributed by atoms with Gasteiger partial charge in [0.25, 0.3) is 10.0 Å². The van der Waals surface area contributed by atoms with E-state index in [1.54, 1.807) is 28.8 Å². The molecule has 0 aliphatic carbocycles. The molecule has 0 saturated carbocycles. The minimum Gasteiger partial charge on any atom is -0.332 e. The maximum Gasteiger partial charge on any atom is 0.252 e. The molecule has 0 bridgehead atoms. The molecule has 1 aromatic carbocycles. The number of amides is 1. The first kappa shape index (κ1) is 19.5. The Morgan fingerprint density at radius 1 is 1.25 bits per heavy atom. The van der Waals surface area contributed by atoms with Gasteiger partial charge in [-0.1, -0.05) is 18.2 Å². The number of hydrogen-bond donors (Lipinski definition) is 0. The van der Waals surface area contributed by atoms with Crippen molar-refractivity contribution in [2.75, 3.05) is 20.1 Å². The van der Waals surface area contributed by atoms with E-state index >= 15 is 0 Å². The van der Waals surface area contributed by atoms with Crippen LogP contribution in [-0.2, 0) is 14.8 Å². The summed E-state index contributed by atoms with van der Waals surface area (Å²) in [5.41, 5.74) is 0.942. The molecular formula is C19H21N3O3S3. The van der Waals surface area contributed by atoms with E-state index in [-0.39, 0.29) is 22.7 Å². The standard InChI is InChI=1S/C19H21N3O3S3/c1-21(28(24,25)18-10-6-12-26-18)13-17(23)22-11-5-4-8-15(22)19-20-14-7-2-3-9-16(14)27-19/h2-3,6-7,9-10,12,15H,4-5,8,11,13H2,1H3. The third kappa shape index (κ3) is 3.71. The van der Waals surface area contributed by atoms with Gasteiger partial charge >= 0.3 is 0 Å². The summed E-state index contributed by atoms with van der Waals surface area (Å²) in [4.78, 5) is 19.6. The van der Waals surface area contributed by atoms with Crippen LogP contribution in [0.4, 0.5) is 0 Å². The summed E-state index contributed by atoms with van der Waals surface area (Å²) in [5, 5.41) is 2.65. The van der Waals surface area contributed by atoms with Gasteiger partial charge in [-0.2, -0.15) is 4.31 Å². The van der Waals surface area contributed by atoms with Crippen molar-refractivity contribution < 1.29 is 13.2 Å². The first-order valence-corrected chi connectivity index (χ1v) is 12.3. The molecular weight excluding hydrogens is 414 g/mol. The predicted molar refractivity (Wildman–Crippen MR) is 112 cm³/mol. The molecule has 1 amide bonds. The van der Waals surface area contributed by atoms with Gasteiger partial charge in [-0.3, -0.25) is 4.79 Å². The van der Waals surface area contributed by atoms with Crippen molar-refractivity contribution in [2.24, 2.45) is 0 Å². The molecule has 1 saturated heterocycles. The lowest BCUT2D eigenvalue weighted by atomic mass is 10.0. The molecule has 2 aromatic heterocycles. The van der Waals surface area contributed by atoms with Gasteiger partial charge in [-0.25, -0.2) is 13.4 Å². The Morgan fingerprint density at radius 3 is 2.82 bits per heavy atom. The number of hydrogen-bond acceptors (Lipinski definition) is 6. The highest BCUT2D eigenvalue weighted by molar-refractivity contribution is 7.91. The zero-order valence-electron chi connectivity index (χ0n) is 15.4. The van der Waals surface area contributed by atoms with Crippen LogP contribution >= 0.6 is 22.7 Å². The van der Waals surface area contributed by atoms with Gasteiger partial charge in [0, 0.05) is 13.6 Å². The second-order valence-corrected chi connectivity index (χ2v) is 11.1. The first-order valence-electron chi connectivity index (χ1n) is 9.11. The first-order chi connectivity index (χ1) is 13.5. The largest absolute Gasteiger partial charge is 0.332 e. The SMILES string of the molecule is CN(CC(=O)N1CCCCC1c1nc2ccccc2s1)S(=O)(=O)c1cccs1. The molecule has 1 aliphatic rings. The quantitative estimate of drug-likeness (QED) is 0.612. The number of nitrogens with zero attached hydrogens (tertiary/aromatic N) is 3. The Morgan fingerprint density at radius 2 is 2.07 bits per heavy atom. The molecule has 3 aromatic rings. The van der Waals surface area contributed by atoms with Gasteiger partial charge in [-0.05, 0) is 42.8 Å². The molecule has 6 nitrogen and oxygen atoms in total. The summed E-state index contributed by atoms with van der Waals surface area (Å²) in [6.07, 6.45) is 2.81. The van der Waals surface area contributed by atoms with Crippen molar-refractivity contribution in [2.45, 2.75) is 29.5 Å². The van der Waals surface area contributed by atoms with Crippen LogP contribution < -0.4 is 0 Å². The number of benzene rings is 1. The number of carbonyl (C=O) groups is 1. The monoisotopic (exact) mass is 435 g/mol. The van der Waals surface area contributed by atoms with Crippen molar-refractivity contribution >= 4 is 48.8 Å². The van der Waals surface area contributed by atoms with Crippen molar-refractivity contribution in [1.29, 1.82) is 0 Å². The molecule has 1 aliphatic heterocycles. The number of fused-ring (bicyclic) bond motifs is 1. The Hall–Kier alpha value is -1.81. The Bertz CT molecular complexity index is 1040. The van der Waals surface area contributed by atoms with E-state index < -0.39 is 10.0 Å². The third-order valence-corrected chi connectivity index (χ3v) is 9.25. The van der Waals surface area contributed by atoms with Crippen LogP contribution in [0, 0.1) is 0 Å². The lowest BCUT2D eigenvalue weighted by Crippen LogP contribution is -2.44. The van der Waals surface area contributed by atoms with E-state index in [1.165, 1.54) is 7.05 Å². The zero-order valence-corrected chi connectivity index (χ0v) is 17.9. The topological polar surface area (TPSA) is 70.6 Å². The molecule has 0 radical (unpaired) electrons. The van der Waals surface area contributed by atoms with E-state index in [1.807, 2.05) is 29.2 Å². The fourth-order valence-corrected chi connectivity index (χ4v) is 6.89. The van der Waals surface area contributed by atoms with Gasteiger partial charge in [0.15, 0.2) is 0 Å². The van der Waals surface area contributed by atoms with Gasteiger partial charge in [0.2, 0.25) is 5.91 Å². The Balaban J connectivity index is 1.55. The Kier molecular flexibility index (Phi) is 5.50. The molecule has 1 unspecified atom stereocenters. The highest BCUT2D eigenvalue weighted by atomic mass is 32.2. The molecule has 28 heavy (non-hydrogen) atoms. The molecule has 0 spiro atoms. The number of sulfonamides is 1. The van der Waals surface area contributed by atoms with Crippen molar-refractivity contribution in [3.63, 3.8) is 0 Å². The second kappa shape index (κ2) is 7.90. The van der Waals surface area contributed by atoms with Crippen molar-refractivity contribution in [3.8, 4) is 0 Å². The fraction of sp³-hybridized carbons (Fsp3) is 0.368. The van der Waals surface area contributed by atoms with Gasteiger partial charge in [0.1, 0.15) is 9.22 Å². The normalized spacial score (nSPS) is 18.1. The van der Waals surface area contributed by atoms with Crippen LogP contribution in [-0.4, -0.2) is 48.7 Å². The van der Waals surface area contributed by atoms with Crippen LogP contribution in [0.15, 0.2) is 46.0 Å². The highest BCUT2D eigenvalue weighted by Crippen LogP contribution is 2.35. The number of likely N-dealkylation sites (tertiary alicyclic amines) is 1. The van der Waals surface area contributed by atoms with Crippen LogP contribution in [0.2, 0.25) is 0 Å². The lowest BCUT2D eigenvalue weighted by Gasteiger charge is -2.35. The predicted octanol–water partition coefficient (Wildman–Crippen LogP) is 3.73. The van der Waals surface area contributed by atoms with Gasteiger partial charge < -0.3 is 4.90 Å². The average molecular weight is 436 g/mol. The van der Waals surface area contributed by atoms with E-state index in [2.05, 4.69) is 0 Å². The zero-order chi connectivity index (χ0) is 19.7. The number of para-hydroxylation sites is 1. The number of thiazole rings is 1. The molecule has 1 fully saturated rings. The number of carbonyl (C=O) groups excluding carboxylic acids is 1. The van der Waals surface area contributed by atoms with E-state index in [0.29, 0.717) is 6.54 Å². The summed E-state index contributed by atoms with van der Waals surface area (Å²) < 4.78 is 27.8. The number of rotatable bonds is 5. The van der Waals surface area contributed by atoms with E-state index in [0.717, 1.165) is 50.1 Å². The summed E-state index contributed by atoms with van der Waals surface area (Å²) >= 11 is 2.77. The molecule has 3 heterocycles. The molecule has 4 rings (SSSR count). The fourth-order valence-electron chi connectivity index (χ4n) is 3.45. The van der Waals surface area contributed by atoms with E-state index in [9.17, 15) is 13.2 Å². The lowest BCUT2D eigenvalue weighted by molar-refractivity contribution is -0.135. The van der Waals surface area contributed by atoms with Crippen LogP contribution in [0.25, 0.3) is 10.2 Å². The van der Waals surface area contributed by atoms with Crippen LogP contribution in [0.3, 0.4) is 0 Å². The molecule has 1 atom stereocenters. The molecule has 0 N–H and O–H groups in total. The van der Waals surface area contributed by atoms with Gasteiger partial charge in [-0.15, -0.1) is 22.7 Å². The summed E-state index contributed by atoms with van der Waals surface area (Å²) in [6.45, 7) is 0.466. The highest BCUT2D eigenvalue weighted by Gasteiger charge is 2.33. The van der Waals surface area contributed by atoms with Crippen molar-refractivity contribution in [1.82, 2.24) is 14.2 Å². The number of thiophene rings is 1. The molecule has 9 heteroatoms. The maximum absolute atomic E-state index is 13.0. The summed E-state index contributed by atoms with van der Waals surface area (Å²) in [6, 6.07) is 11.1. The minimum atomic E-state index is -3.64. The summed E-state index contributed by atoms with van der Waals surface area (Å²) in [7, 11) is -2.18. The average Bonchev–Trinajstić information content (AvgIpc) is 3.38. The minimum absolute atomic E-state index is 0.0866. The molecule has 148 valence electrons. The Labute approximate surface area is 172 Å².